The lowest BCUT2D eigenvalue weighted by atomic mass is 10.0. The van der Waals surface area contributed by atoms with Crippen molar-refractivity contribution in [2.24, 2.45) is 5.92 Å². The predicted octanol–water partition coefficient (Wildman–Crippen LogP) is 5.63. The van der Waals surface area contributed by atoms with Crippen LogP contribution in [0.15, 0.2) is 47.0 Å². The van der Waals surface area contributed by atoms with Crippen molar-refractivity contribution in [3.8, 4) is 5.75 Å². The van der Waals surface area contributed by atoms with Gasteiger partial charge in [0.1, 0.15) is 23.7 Å². The van der Waals surface area contributed by atoms with E-state index in [0.29, 0.717) is 45.6 Å². The topological polar surface area (TPSA) is 138 Å². The quantitative estimate of drug-likeness (QED) is 0.347. The first-order valence-corrected chi connectivity index (χ1v) is 14.2. The molecule has 43 heavy (non-hydrogen) atoms. The van der Waals surface area contributed by atoms with Crippen LogP contribution < -0.4 is 20.7 Å². The van der Waals surface area contributed by atoms with Gasteiger partial charge in [0.05, 0.1) is 17.7 Å². The highest BCUT2D eigenvalue weighted by molar-refractivity contribution is 6.30. The molecule has 1 aliphatic heterocycles. The lowest BCUT2D eigenvalue weighted by molar-refractivity contribution is 0.0174. The van der Waals surface area contributed by atoms with Crippen molar-refractivity contribution in [2.75, 3.05) is 49.8 Å². The maximum absolute atomic E-state index is 13.6. The number of fused-ring (bicyclic) bond motifs is 1. The Balaban J connectivity index is 1.60. The zero-order valence-corrected chi connectivity index (χ0v) is 25.8. The van der Waals surface area contributed by atoms with Crippen molar-refractivity contribution in [2.45, 2.75) is 39.8 Å². The number of amides is 5. The summed E-state index contributed by atoms with van der Waals surface area (Å²) in [6, 6.07) is 10.3. The number of carbonyl (C=O) groups excluding carboxylic acids is 3. The molecular weight excluding hydrogens is 576 g/mol. The zero-order chi connectivity index (χ0) is 31.3. The van der Waals surface area contributed by atoms with Gasteiger partial charge in [-0.15, -0.1) is 0 Å². The van der Waals surface area contributed by atoms with Gasteiger partial charge in [0.2, 0.25) is 0 Å². The molecule has 0 unspecified atom stereocenters. The minimum Gasteiger partial charge on any atom is -0.491 e. The van der Waals surface area contributed by atoms with Crippen LogP contribution in [0.1, 0.15) is 35.7 Å². The van der Waals surface area contributed by atoms with Crippen LogP contribution in [-0.2, 0) is 4.74 Å². The second-order valence-electron chi connectivity index (χ2n) is 10.7. The average molecular weight is 613 g/mol. The van der Waals surface area contributed by atoms with E-state index in [9.17, 15) is 14.4 Å². The third-order valence-corrected chi connectivity index (χ3v) is 7.55. The monoisotopic (exact) mass is 612 g/mol. The van der Waals surface area contributed by atoms with Gasteiger partial charge in [0.25, 0.3) is 5.91 Å². The molecule has 1 aromatic heterocycles. The Kier molecular flexibility index (Phi) is 10.1. The SMILES string of the molecule is CO[C@@H]1CN(C)C(=O)c2ccc(NC(=O)Nc3cccc(Cl)c3)cc2OC[C@H](C)N(C(=O)Nc2c(C)noc2C)C[C@@H]1C. The van der Waals surface area contributed by atoms with Gasteiger partial charge in [-0.05, 0) is 51.1 Å². The Morgan fingerprint density at radius 2 is 1.77 bits per heavy atom. The number of anilines is 3. The van der Waals surface area contributed by atoms with Crippen molar-refractivity contribution in [1.82, 2.24) is 15.0 Å². The molecule has 2 aromatic carbocycles. The third-order valence-electron chi connectivity index (χ3n) is 7.31. The Labute approximate surface area is 255 Å². The molecule has 0 saturated carbocycles. The standard InChI is InChI=1S/C30H37ClN6O6/c1-17-14-37(30(40)34-27-19(3)35-43-20(27)4)18(2)16-42-25-13-23(33-29(39)32-22-9-7-8-21(31)12-22)10-11-24(25)28(38)36(5)15-26(17)41-6/h7-13,17-18,26H,14-16H2,1-6H3,(H,34,40)(H2,32,33,39)/t17-,18-,26+/m0/s1. The molecular formula is C30H37ClN6O6. The molecule has 2 heterocycles. The number of ether oxygens (including phenoxy) is 2. The van der Waals surface area contributed by atoms with E-state index < -0.39 is 12.1 Å². The largest absolute Gasteiger partial charge is 0.491 e. The molecule has 230 valence electrons. The number of halogens is 1. The average Bonchev–Trinajstić information content (AvgIpc) is 3.28. The van der Waals surface area contributed by atoms with Crippen molar-refractivity contribution < 1.29 is 28.4 Å². The van der Waals surface area contributed by atoms with E-state index in [2.05, 4.69) is 21.1 Å². The van der Waals surface area contributed by atoms with E-state index in [1.54, 1.807) is 80.3 Å². The van der Waals surface area contributed by atoms with Crippen molar-refractivity contribution >= 4 is 46.6 Å². The van der Waals surface area contributed by atoms with Gasteiger partial charge >= 0.3 is 12.1 Å². The van der Waals surface area contributed by atoms with Crippen LogP contribution in [-0.4, -0.2) is 78.9 Å². The predicted molar refractivity (Wildman–Crippen MR) is 164 cm³/mol. The van der Waals surface area contributed by atoms with Crippen molar-refractivity contribution in [3.63, 3.8) is 0 Å². The highest BCUT2D eigenvalue weighted by Crippen LogP contribution is 2.28. The minimum absolute atomic E-state index is 0.0710. The Morgan fingerprint density at radius 3 is 2.42 bits per heavy atom. The summed E-state index contributed by atoms with van der Waals surface area (Å²) in [6.07, 6.45) is -0.351. The summed E-state index contributed by atoms with van der Waals surface area (Å²) in [5.41, 5.74) is 2.33. The first-order valence-electron chi connectivity index (χ1n) is 13.9. The van der Waals surface area contributed by atoms with Crippen LogP contribution in [0.4, 0.5) is 26.7 Å². The zero-order valence-electron chi connectivity index (χ0n) is 25.1. The number of methoxy groups -OCH3 is 1. The van der Waals surface area contributed by atoms with Crippen molar-refractivity contribution in [1.29, 1.82) is 0 Å². The second-order valence-corrected chi connectivity index (χ2v) is 11.1. The minimum atomic E-state index is -0.494. The van der Waals surface area contributed by atoms with Gasteiger partial charge in [-0.2, -0.15) is 0 Å². The highest BCUT2D eigenvalue weighted by atomic mass is 35.5. The van der Waals surface area contributed by atoms with E-state index in [0.717, 1.165) is 0 Å². The fourth-order valence-electron chi connectivity index (χ4n) is 4.83. The number of rotatable bonds is 4. The molecule has 13 heteroatoms. The molecule has 3 N–H and O–H groups in total. The van der Waals surface area contributed by atoms with Crippen LogP contribution in [0.3, 0.4) is 0 Å². The lowest BCUT2D eigenvalue weighted by Gasteiger charge is -2.36. The number of hydrogen-bond acceptors (Lipinski definition) is 7. The van der Waals surface area contributed by atoms with Gasteiger partial charge < -0.3 is 39.7 Å². The number of benzene rings is 2. The smallest absolute Gasteiger partial charge is 0.323 e. The van der Waals surface area contributed by atoms with E-state index in [4.69, 9.17) is 25.6 Å². The molecule has 4 rings (SSSR count). The number of hydrogen-bond donors (Lipinski definition) is 3. The first kappa shape index (κ1) is 31.6. The molecule has 0 bridgehead atoms. The number of nitrogens with one attached hydrogen (secondary N) is 3. The highest BCUT2D eigenvalue weighted by Gasteiger charge is 2.31. The molecule has 1 aliphatic rings. The molecule has 5 amide bonds. The van der Waals surface area contributed by atoms with Crippen LogP contribution in [0.2, 0.25) is 5.02 Å². The number of aryl methyl sites for hydroxylation is 2. The summed E-state index contributed by atoms with van der Waals surface area (Å²) in [5.74, 6) is 0.375. The van der Waals surface area contributed by atoms with Crippen LogP contribution >= 0.6 is 11.6 Å². The van der Waals surface area contributed by atoms with E-state index in [-0.39, 0.29) is 42.9 Å². The number of carbonyl (C=O) groups is 3. The normalized spacial score (nSPS) is 19.4. The number of urea groups is 2. The fraction of sp³-hybridized carbons (Fsp3) is 0.400. The lowest BCUT2D eigenvalue weighted by Crippen LogP contribution is -2.50. The molecule has 3 aromatic rings. The molecule has 0 aliphatic carbocycles. The van der Waals surface area contributed by atoms with Crippen LogP contribution in [0, 0.1) is 19.8 Å². The first-order chi connectivity index (χ1) is 20.5. The van der Waals surface area contributed by atoms with Crippen LogP contribution in [0.25, 0.3) is 0 Å². The van der Waals surface area contributed by atoms with Gasteiger partial charge in [-0.25, -0.2) is 9.59 Å². The summed E-state index contributed by atoms with van der Waals surface area (Å²) in [5, 5.41) is 12.8. The Bertz CT molecular complexity index is 1460. The van der Waals surface area contributed by atoms with E-state index >= 15 is 0 Å². The summed E-state index contributed by atoms with van der Waals surface area (Å²) >= 11 is 6.02. The molecule has 0 spiro atoms. The number of likely N-dealkylation sites (N-methyl/N-ethyl adjacent to an activating group) is 1. The molecule has 0 fully saturated rings. The number of aromatic nitrogens is 1. The molecule has 3 atom stereocenters. The molecule has 12 nitrogen and oxygen atoms in total. The summed E-state index contributed by atoms with van der Waals surface area (Å²) in [6.45, 7) is 8.01. The maximum Gasteiger partial charge on any atom is 0.323 e. The molecule has 0 saturated heterocycles. The van der Waals surface area contributed by atoms with Crippen LogP contribution in [0.5, 0.6) is 5.75 Å². The fourth-order valence-corrected chi connectivity index (χ4v) is 5.02. The second kappa shape index (κ2) is 13.8. The van der Waals surface area contributed by atoms with Gasteiger partial charge in [-0.1, -0.05) is 29.7 Å². The van der Waals surface area contributed by atoms with Gasteiger partial charge in [0.15, 0.2) is 5.76 Å². The van der Waals surface area contributed by atoms with Gasteiger partial charge in [-0.3, -0.25) is 4.79 Å². The van der Waals surface area contributed by atoms with E-state index in [1.165, 1.54) is 0 Å². The Morgan fingerprint density at radius 1 is 1.05 bits per heavy atom. The molecule has 0 radical (unpaired) electrons. The summed E-state index contributed by atoms with van der Waals surface area (Å²) in [7, 11) is 3.28. The summed E-state index contributed by atoms with van der Waals surface area (Å²) in [4.78, 5) is 43.0. The third kappa shape index (κ3) is 7.76. The number of nitrogens with zero attached hydrogens (tertiary/aromatic N) is 3. The van der Waals surface area contributed by atoms with Gasteiger partial charge in [0, 0.05) is 55.6 Å². The summed E-state index contributed by atoms with van der Waals surface area (Å²) < 4.78 is 17.2. The maximum atomic E-state index is 13.6. The Hall–Kier alpha value is -4.29. The van der Waals surface area contributed by atoms with Crippen molar-refractivity contribution in [3.05, 3.63) is 64.5 Å². The van der Waals surface area contributed by atoms with E-state index in [1.807, 2.05) is 13.8 Å².